The Morgan fingerprint density at radius 1 is 1.47 bits per heavy atom. The second-order valence-corrected chi connectivity index (χ2v) is 5.28. The molecule has 5 nitrogen and oxygen atoms in total. The molecule has 0 aliphatic carbocycles. The first-order chi connectivity index (χ1) is 7.93. The summed E-state index contributed by atoms with van der Waals surface area (Å²) in [7, 11) is 1.90. The summed E-state index contributed by atoms with van der Waals surface area (Å²) >= 11 is 0. The molecule has 1 aromatic rings. The van der Waals surface area contributed by atoms with Crippen LogP contribution in [0, 0.1) is 0 Å². The Morgan fingerprint density at radius 2 is 2.18 bits per heavy atom. The molecule has 1 aliphatic heterocycles. The highest BCUT2D eigenvalue weighted by Crippen LogP contribution is 2.33. The van der Waals surface area contributed by atoms with Gasteiger partial charge in [0.25, 0.3) is 0 Å². The predicted octanol–water partition coefficient (Wildman–Crippen LogP) is 1.91. The van der Waals surface area contributed by atoms with Crippen LogP contribution in [0.2, 0.25) is 0 Å². The predicted molar refractivity (Wildman–Crippen MR) is 68.2 cm³/mol. The van der Waals surface area contributed by atoms with Crippen LogP contribution in [-0.2, 0) is 18.3 Å². The number of carbonyl (C=O) groups is 1. The van der Waals surface area contributed by atoms with Crippen molar-refractivity contribution in [1.29, 1.82) is 0 Å². The summed E-state index contributed by atoms with van der Waals surface area (Å²) in [5.41, 5.74) is 1.57. The second kappa shape index (κ2) is 4.05. The third-order valence-electron chi connectivity index (χ3n) is 2.93. The van der Waals surface area contributed by atoms with E-state index in [-0.39, 0.29) is 11.4 Å². The number of hydrogen-bond donors (Lipinski definition) is 2. The van der Waals surface area contributed by atoms with Gasteiger partial charge in [0.1, 0.15) is 11.5 Å². The van der Waals surface area contributed by atoms with Gasteiger partial charge in [-0.1, -0.05) is 13.3 Å². The van der Waals surface area contributed by atoms with Crippen molar-refractivity contribution >= 4 is 17.4 Å². The summed E-state index contributed by atoms with van der Waals surface area (Å²) in [4.78, 5) is 11.8. The molecular weight excluding hydrogens is 216 g/mol. The van der Waals surface area contributed by atoms with Gasteiger partial charge in [0.2, 0.25) is 5.91 Å². The minimum atomic E-state index is -0.243. The summed E-state index contributed by atoms with van der Waals surface area (Å²) < 4.78 is 1.81. The first-order valence-corrected chi connectivity index (χ1v) is 6.07. The molecule has 0 saturated carbocycles. The summed E-state index contributed by atoms with van der Waals surface area (Å²) in [5.74, 6) is 0.955. The van der Waals surface area contributed by atoms with Crippen molar-refractivity contribution < 1.29 is 4.79 Å². The van der Waals surface area contributed by atoms with Gasteiger partial charge in [-0.2, -0.15) is 5.10 Å². The van der Waals surface area contributed by atoms with Gasteiger partial charge in [-0.25, -0.2) is 0 Å². The van der Waals surface area contributed by atoms with Gasteiger partial charge in [0.15, 0.2) is 0 Å². The number of hydrogen-bond acceptors (Lipinski definition) is 3. The molecule has 0 aromatic carbocycles. The highest BCUT2D eigenvalue weighted by Gasteiger charge is 2.30. The van der Waals surface area contributed by atoms with Crippen molar-refractivity contribution in [2.45, 2.75) is 45.6 Å². The van der Waals surface area contributed by atoms with Crippen LogP contribution in [0.25, 0.3) is 0 Å². The Morgan fingerprint density at radius 3 is 2.82 bits per heavy atom. The van der Waals surface area contributed by atoms with Gasteiger partial charge in [-0.05, 0) is 20.3 Å². The van der Waals surface area contributed by atoms with E-state index in [4.69, 9.17) is 0 Å². The molecule has 1 aliphatic rings. The monoisotopic (exact) mass is 236 g/mol. The van der Waals surface area contributed by atoms with Gasteiger partial charge in [-0.15, -0.1) is 0 Å². The molecule has 2 N–H and O–H groups in total. The molecule has 0 bridgehead atoms. The molecule has 0 radical (unpaired) electrons. The fraction of sp³-hybridized carbons (Fsp3) is 0.667. The number of aryl methyl sites for hydroxylation is 2. The zero-order chi connectivity index (χ0) is 12.6. The summed E-state index contributed by atoms with van der Waals surface area (Å²) in [5, 5.41) is 10.8. The van der Waals surface area contributed by atoms with E-state index in [0.717, 1.165) is 30.0 Å². The van der Waals surface area contributed by atoms with Crippen molar-refractivity contribution in [3.63, 3.8) is 0 Å². The lowest BCUT2D eigenvalue weighted by Gasteiger charge is -2.23. The first kappa shape index (κ1) is 12.0. The van der Waals surface area contributed by atoms with E-state index in [1.807, 2.05) is 25.6 Å². The van der Waals surface area contributed by atoms with E-state index in [1.165, 1.54) is 0 Å². The number of fused-ring (bicyclic) bond motifs is 1. The molecule has 0 unspecified atom stereocenters. The maximum Gasteiger partial charge on any atom is 0.226 e. The smallest absolute Gasteiger partial charge is 0.226 e. The van der Waals surface area contributed by atoms with Crippen LogP contribution in [0.3, 0.4) is 0 Å². The van der Waals surface area contributed by atoms with E-state index < -0.39 is 0 Å². The Hall–Kier alpha value is -1.52. The van der Waals surface area contributed by atoms with Crippen LogP contribution in [0.5, 0.6) is 0 Å². The second-order valence-electron chi connectivity index (χ2n) is 5.28. The third kappa shape index (κ3) is 2.28. The molecule has 2 heterocycles. The molecule has 1 aromatic heterocycles. The molecule has 17 heavy (non-hydrogen) atoms. The fourth-order valence-corrected chi connectivity index (χ4v) is 2.22. The number of nitrogens with zero attached hydrogens (tertiary/aromatic N) is 2. The number of amides is 1. The molecule has 94 valence electrons. The van der Waals surface area contributed by atoms with Crippen molar-refractivity contribution in [1.82, 2.24) is 9.78 Å². The number of nitrogens with one attached hydrogen (secondary N) is 2. The van der Waals surface area contributed by atoms with Crippen molar-refractivity contribution in [2.24, 2.45) is 7.05 Å². The zero-order valence-corrected chi connectivity index (χ0v) is 10.9. The SMILES string of the molecule is CCCc1nn(C)c2c1NC(=O)CC(C)(C)N2. The molecule has 0 spiro atoms. The molecule has 1 amide bonds. The average molecular weight is 236 g/mol. The highest BCUT2D eigenvalue weighted by molar-refractivity contribution is 5.97. The van der Waals surface area contributed by atoms with Crippen LogP contribution in [0.4, 0.5) is 11.5 Å². The van der Waals surface area contributed by atoms with Gasteiger partial charge < -0.3 is 10.6 Å². The lowest BCUT2D eigenvalue weighted by atomic mass is 10.0. The van der Waals surface area contributed by atoms with Gasteiger partial charge in [-0.3, -0.25) is 9.48 Å². The maximum absolute atomic E-state index is 11.8. The Bertz CT molecular complexity index is 448. The topological polar surface area (TPSA) is 59.0 Å². The van der Waals surface area contributed by atoms with Gasteiger partial charge in [0, 0.05) is 19.0 Å². The van der Waals surface area contributed by atoms with Crippen LogP contribution in [0.15, 0.2) is 0 Å². The van der Waals surface area contributed by atoms with E-state index in [0.29, 0.717) is 6.42 Å². The molecule has 2 rings (SSSR count). The number of carbonyl (C=O) groups excluding carboxylic acids is 1. The van der Waals surface area contributed by atoms with E-state index >= 15 is 0 Å². The van der Waals surface area contributed by atoms with Crippen molar-refractivity contribution in [2.75, 3.05) is 10.6 Å². The summed E-state index contributed by atoms with van der Waals surface area (Å²) in [6, 6.07) is 0. The Labute approximate surface area is 102 Å². The fourth-order valence-electron chi connectivity index (χ4n) is 2.22. The molecule has 0 saturated heterocycles. The quantitative estimate of drug-likeness (QED) is 0.824. The lowest BCUT2D eigenvalue weighted by Crippen LogP contribution is -2.33. The standard InChI is InChI=1S/C12H20N4O/c1-5-6-8-10-11(16(4)15-8)14-12(2,3)7-9(17)13-10/h14H,5-7H2,1-4H3,(H,13,17). The van der Waals surface area contributed by atoms with E-state index in [9.17, 15) is 4.79 Å². The van der Waals surface area contributed by atoms with Crippen LogP contribution in [-0.4, -0.2) is 21.2 Å². The Kier molecular flexibility index (Phi) is 2.85. The molecular formula is C12H20N4O. The lowest BCUT2D eigenvalue weighted by molar-refractivity contribution is -0.116. The Balaban J connectivity index is 2.46. The van der Waals surface area contributed by atoms with Gasteiger partial charge >= 0.3 is 0 Å². The summed E-state index contributed by atoms with van der Waals surface area (Å²) in [6.07, 6.45) is 2.36. The normalized spacial score (nSPS) is 18.0. The van der Waals surface area contributed by atoms with Crippen LogP contribution < -0.4 is 10.6 Å². The van der Waals surface area contributed by atoms with E-state index in [1.54, 1.807) is 0 Å². The van der Waals surface area contributed by atoms with Crippen molar-refractivity contribution in [3.8, 4) is 0 Å². The van der Waals surface area contributed by atoms with Crippen molar-refractivity contribution in [3.05, 3.63) is 5.69 Å². The first-order valence-electron chi connectivity index (χ1n) is 6.07. The minimum absolute atomic E-state index is 0.0478. The van der Waals surface area contributed by atoms with Gasteiger partial charge in [0.05, 0.1) is 5.69 Å². The number of anilines is 2. The molecule has 0 fully saturated rings. The summed E-state index contributed by atoms with van der Waals surface area (Å²) in [6.45, 7) is 6.15. The van der Waals surface area contributed by atoms with Crippen LogP contribution in [0.1, 0.15) is 39.3 Å². The highest BCUT2D eigenvalue weighted by atomic mass is 16.1. The van der Waals surface area contributed by atoms with E-state index in [2.05, 4.69) is 22.7 Å². The zero-order valence-electron chi connectivity index (χ0n) is 10.9. The third-order valence-corrected chi connectivity index (χ3v) is 2.93. The largest absolute Gasteiger partial charge is 0.363 e. The minimum Gasteiger partial charge on any atom is -0.363 e. The average Bonchev–Trinajstić information content (AvgIpc) is 2.41. The number of aromatic nitrogens is 2. The van der Waals surface area contributed by atoms with Crippen LogP contribution >= 0.6 is 0 Å². The number of rotatable bonds is 2. The molecule has 0 atom stereocenters. The maximum atomic E-state index is 11.8. The molecule has 5 heteroatoms.